The quantitative estimate of drug-likeness (QED) is 0.307. The van der Waals surface area contributed by atoms with E-state index >= 15 is 0 Å². The second-order valence-electron chi connectivity index (χ2n) is 6.69. The molecule has 2 heterocycles. The van der Waals surface area contributed by atoms with E-state index in [2.05, 4.69) is 26.4 Å². The SMILES string of the molecule is C#CCN1C(=O)S/C(=C\c2cn(CCOc3ccccc3Cl)c3ccc(Br)cc23)C1=O. The van der Waals surface area contributed by atoms with Crippen LogP contribution in [0.2, 0.25) is 5.02 Å². The first-order chi connectivity index (χ1) is 15.0. The highest BCUT2D eigenvalue weighted by atomic mass is 79.9. The van der Waals surface area contributed by atoms with Gasteiger partial charge in [-0.05, 0) is 48.2 Å². The fourth-order valence-corrected chi connectivity index (χ4v) is 4.66. The van der Waals surface area contributed by atoms with Gasteiger partial charge >= 0.3 is 0 Å². The Labute approximate surface area is 197 Å². The normalized spacial score (nSPS) is 15.1. The van der Waals surface area contributed by atoms with Gasteiger partial charge in [-0.25, -0.2) is 0 Å². The minimum atomic E-state index is -0.370. The van der Waals surface area contributed by atoms with E-state index in [0.29, 0.717) is 28.8 Å². The zero-order chi connectivity index (χ0) is 22.0. The predicted molar refractivity (Wildman–Crippen MR) is 128 cm³/mol. The third-order valence-electron chi connectivity index (χ3n) is 4.71. The molecule has 1 saturated heterocycles. The molecule has 2 aromatic carbocycles. The van der Waals surface area contributed by atoms with Gasteiger partial charge in [-0.2, -0.15) is 0 Å². The summed E-state index contributed by atoms with van der Waals surface area (Å²) in [5, 5.41) is 1.16. The lowest BCUT2D eigenvalue weighted by Crippen LogP contribution is -2.28. The van der Waals surface area contributed by atoms with Crippen LogP contribution < -0.4 is 4.74 Å². The third kappa shape index (κ3) is 4.52. The standard InChI is InChI=1S/C23H16BrClN2O3S/c1-2-9-27-22(28)21(31-23(27)29)12-15-14-26(19-8-7-16(24)13-17(15)19)10-11-30-20-6-4-3-5-18(20)25/h1,3-8,12-14H,9-11H2/b21-12-. The van der Waals surface area contributed by atoms with Crippen LogP contribution in [0.15, 0.2) is 58.0 Å². The first-order valence-electron chi connectivity index (χ1n) is 9.32. The summed E-state index contributed by atoms with van der Waals surface area (Å²) in [6, 6.07) is 13.3. The molecule has 5 nitrogen and oxygen atoms in total. The molecule has 8 heteroatoms. The Morgan fingerprint density at radius 3 is 2.81 bits per heavy atom. The molecule has 3 aromatic rings. The summed E-state index contributed by atoms with van der Waals surface area (Å²) in [5.74, 6) is 2.61. The van der Waals surface area contributed by atoms with Gasteiger partial charge in [0.25, 0.3) is 11.1 Å². The van der Waals surface area contributed by atoms with Crippen molar-refractivity contribution in [2.75, 3.05) is 13.2 Å². The maximum Gasteiger partial charge on any atom is 0.294 e. The van der Waals surface area contributed by atoms with Gasteiger partial charge in [0.05, 0.1) is 23.0 Å². The first kappa shape index (κ1) is 21.6. The van der Waals surface area contributed by atoms with Gasteiger partial charge < -0.3 is 9.30 Å². The summed E-state index contributed by atoms with van der Waals surface area (Å²) in [7, 11) is 0. The van der Waals surface area contributed by atoms with E-state index < -0.39 is 0 Å². The molecule has 0 aliphatic carbocycles. The molecule has 0 bridgehead atoms. The molecule has 1 aromatic heterocycles. The molecule has 2 amide bonds. The number of imide groups is 1. The zero-order valence-corrected chi connectivity index (χ0v) is 19.3. The number of hydrogen-bond acceptors (Lipinski definition) is 4. The number of aromatic nitrogens is 1. The fraction of sp³-hybridized carbons (Fsp3) is 0.130. The topological polar surface area (TPSA) is 51.5 Å². The molecule has 1 aliphatic heterocycles. The minimum absolute atomic E-state index is 0.0330. The average Bonchev–Trinajstić information content (AvgIpc) is 3.21. The first-order valence-corrected chi connectivity index (χ1v) is 11.3. The highest BCUT2D eigenvalue weighted by Crippen LogP contribution is 2.34. The number of hydrogen-bond donors (Lipinski definition) is 0. The van der Waals surface area contributed by atoms with Gasteiger partial charge in [-0.1, -0.05) is 45.6 Å². The van der Waals surface area contributed by atoms with Crippen molar-refractivity contribution >= 4 is 67.4 Å². The summed E-state index contributed by atoms with van der Waals surface area (Å²) >= 11 is 10.6. The molecule has 4 rings (SSSR count). The number of thioether (sulfide) groups is 1. The molecule has 0 saturated carbocycles. The van der Waals surface area contributed by atoms with Crippen molar-refractivity contribution in [2.24, 2.45) is 0 Å². The van der Waals surface area contributed by atoms with Crippen LogP contribution in [0.3, 0.4) is 0 Å². The van der Waals surface area contributed by atoms with E-state index in [9.17, 15) is 9.59 Å². The summed E-state index contributed by atoms with van der Waals surface area (Å²) in [6.45, 7) is 0.964. The van der Waals surface area contributed by atoms with Crippen LogP contribution >= 0.6 is 39.3 Å². The van der Waals surface area contributed by atoms with E-state index in [-0.39, 0.29) is 17.7 Å². The number of ether oxygens (including phenoxy) is 1. The molecular weight excluding hydrogens is 500 g/mol. The number of amides is 2. The van der Waals surface area contributed by atoms with Crippen molar-refractivity contribution in [1.29, 1.82) is 0 Å². The van der Waals surface area contributed by atoms with Crippen LogP contribution in [0.25, 0.3) is 17.0 Å². The van der Waals surface area contributed by atoms with Crippen LogP contribution in [-0.2, 0) is 11.3 Å². The number of carbonyl (C=O) groups is 2. The number of nitrogens with zero attached hydrogens (tertiary/aromatic N) is 2. The number of terminal acetylenes is 1. The lowest BCUT2D eigenvalue weighted by Gasteiger charge is -2.09. The van der Waals surface area contributed by atoms with Gasteiger partial charge in [0.1, 0.15) is 12.4 Å². The molecule has 0 spiro atoms. The Kier molecular flexibility index (Phi) is 6.42. The maximum atomic E-state index is 12.6. The number of fused-ring (bicyclic) bond motifs is 1. The molecule has 156 valence electrons. The largest absolute Gasteiger partial charge is 0.490 e. The average molecular weight is 516 g/mol. The number of para-hydroxylation sites is 1. The molecule has 0 unspecified atom stereocenters. The van der Waals surface area contributed by atoms with E-state index in [1.807, 2.05) is 42.6 Å². The van der Waals surface area contributed by atoms with Gasteiger partial charge in [-0.3, -0.25) is 14.5 Å². The molecule has 31 heavy (non-hydrogen) atoms. The Balaban J connectivity index is 1.62. The predicted octanol–water partition coefficient (Wildman–Crippen LogP) is 5.81. The second kappa shape index (κ2) is 9.23. The van der Waals surface area contributed by atoms with Crippen molar-refractivity contribution in [1.82, 2.24) is 9.47 Å². The second-order valence-corrected chi connectivity index (χ2v) is 9.01. The maximum absolute atomic E-state index is 12.6. The molecule has 1 fully saturated rings. The van der Waals surface area contributed by atoms with E-state index in [1.165, 1.54) is 0 Å². The lowest BCUT2D eigenvalue weighted by molar-refractivity contribution is -0.122. The van der Waals surface area contributed by atoms with Gasteiger partial charge in [0.2, 0.25) is 0 Å². The van der Waals surface area contributed by atoms with Gasteiger partial charge in [-0.15, -0.1) is 6.42 Å². The van der Waals surface area contributed by atoms with Crippen LogP contribution in [0.5, 0.6) is 5.75 Å². The Morgan fingerprint density at radius 1 is 1.23 bits per heavy atom. The van der Waals surface area contributed by atoms with E-state index in [4.69, 9.17) is 22.8 Å². The van der Waals surface area contributed by atoms with Crippen molar-refractivity contribution < 1.29 is 14.3 Å². The van der Waals surface area contributed by atoms with Gasteiger partial charge in [0, 0.05) is 27.1 Å². The highest BCUT2D eigenvalue weighted by Gasteiger charge is 2.34. The number of rotatable bonds is 6. The number of halogens is 2. The van der Waals surface area contributed by atoms with Crippen LogP contribution in [0.1, 0.15) is 5.56 Å². The van der Waals surface area contributed by atoms with Gasteiger partial charge in [0.15, 0.2) is 0 Å². The van der Waals surface area contributed by atoms with Crippen molar-refractivity contribution in [2.45, 2.75) is 6.54 Å². The summed E-state index contributed by atoms with van der Waals surface area (Å²) in [5.41, 5.74) is 1.82. The summed E-state index contributed by atoms with van der Waals surface area (Å²) < 4.78 is 8.79. The molecular formula is C23H16BrClN2O3S. The molecule has 0 radical (unpaired) electrons. The highest BCUT2D eigenvalue weighted by molar-refractivity contribution is 9.10. The van der Waals surface area contributed by atoms with Crippen LogP contribution in [0, 0.1) is 12.3 Å². The van der Waals surface area contributed by atoms with Crippen molar-refractivity contribution in [3.05, 3.63) is 68.6 Å². The Bertz CT molecular complexity index is 1260. The lowest BCUT2D eigenvalue weighted by atomic mass is 10.1. The Morgan fingerprint density at radius 2 is 2.03 bits per heavy atom. The van der Waals surface area contributed by atoms with Crippen LogP contribution in [-0.4, -0.2) is 33.8 Å². The zero-order valence-electron chi connectivity index (χ0n) is 16.2. The fourth-order valence-electron chi connectivity index (χ4n) is 3.28. The monoisotopic (exact) mass is 514 g/mol. The Hall–Kier alpha value is -2.66. The van der Waals surface area contributed by atoms with Crippen molar-refractivity contribution in [3.8, 4) is 18.1 Å². The number of benzene rings is 2. The van der Waals surface area contributed by atoms with E-state index in [0.717, 1.165) is 37.6 Å². The number of carbonyl (C=O) groups excluding carboxylic acids is 2. The molecule has 0 atom stereocenters. The summed E-state index contributed by atoms with van der Waals surface area (Å²) in [4.78, 5) is 26.1. The minimum Gasteiger partial charge on any atom is -0.490 e. The van der Waals surface area contributed by atoms with Crippen LogP contribution in [0.4, 0.5) is 4.79 Å². The molecule has 0 N–H and O–H groups in total. The third-order valence-corrected chi connectivity index (χ3v) is 6.42. The summed E-state index contributed by atoms with van der Waals surface area (Å²) in [6.07, 6.45) is 8.95. The molecule has 1 aliphatic rings. The van der Waals surface area contributed by atoms with E-state index in [1.54, 1.807) is 12.1 Å². The smallest absolute Gasteiger partial charge is 0.294 e. The van der Waals surface area contributed by atoms with Crippen molar-refractivity contribution in [3.63, 3.8) is 0 Å².